The largest absolute Gasteiger partial charge is 0.355 e. The van der Waals surface area contributed by atoms with Crippen molar-refractivity contribution in [3.63, 3.8) is 0 Å². The highest BCUT2D eigenvalue weighted by molar-refractivity contribution is 6.36. The fraction of sp³-hybridized carbons (Fsp3) is 0.417. The number of carbonyl (C=O) groups excluding carboxylic acids is 1. The van der Waals surface area contributed by atoms with E-state index >= 15 is 0 Å². The van der Waals surface area contributed by atoms with E-state index in [2.05, 4.69) is 5.32 Å². The highest BCUT2D eigenvalue weighted by Gasteiger charge is 2.14. The topological polar surface area (TPSA) is 55.1 Å². The predicted molar refractivity (Wildman–Crippen MR) is 78.8 cm³/mol. The van der Waals surface area contributed by atoms with Crippen molar-refractivity contribution in [2.24, 2.45) is 5.73 Å². The minimum absolute atomic E-state index is 0. The molecule has 102 valence electrons. The Hall–Kier alpha value is -0.480. The van der Waals surface area contributed by atoms with Gasteiger partial charge in [0, 0.05) is 35.5 Å². The molecule has 1 rings (SSSR count). The van der Waals surface area contributed by atoms with Gasteiger partial charge in [0.15, 0.2) is 0 Å². The molecule has 0 bridgehead atoms. The molecule has 3 N–H and O–H groups in total. The van der Waals surface area contributed by atoms with Crippen molar-refractivity contribution in [3.8, 4) is 0 Å². The van der Waals surface area contributed by atoms with Gasteiger partial charge in [-0.05, 0) is 17.7 Å². The van der Waals surface area contributed by atoms with Crippen LogP contribution in [0.3, 0.4) is 0 Å². The first-order chi connectivity index (χ1) is 8.06. The molecular weight excluding hydrogens is 295 g/mol. The van der Waals surface area contributed by atoms with E-state index in [0.717, 1.165) is 5.56 Å². The smallest absolute Gasteiger partial charge is 0.221 e. The van der Waals surface area contributed by atoms with Gasteiger partial charge in [0.1, 0.15) is 0 Å². The van der Waals surface area contributed by atoms with Gasteiger partial charge < -0.3 is 11.1 Å². The first kappa shape index (κ1) is 17.5. The fourth-order valence-corrected chi connectivity index (χ4v) is 2.34. The Morgan fingerprint density at radius 2 is 1.94 bits per heavy atom. The van der Waals surface area contributed by atoms with Crippen LogP contribution < -0.4 is 11.1 Å². The molecule has 0 saturated heterocycles. The lowest BCUT2D eigenvalue weighted by atomic mass is 10.0. The van der Waals surface area contributed by atoms with Crippen LogP contribution in [0.25, 0.3) is 0 Å². The van der Waals surface area contributed by atoms with Gasteiger partial charge in [0.25, 0.3) is 0 Å². The van der Waals surface area contributed by atoms with E-state index in [1.54, 1.807) is 18.2 Å². The summed E-state index contributed by atoms with van der Waals surface area (Å²) in [6, 6.07) is 5.38. The zero-order chi connectivity index (χ0) is 12.8. The third-order valence-electron chi connectivity index (χ3n) is 2.47. The number of nitrogens with one attached hydrogen (secondary N) is 1. The van der Waals surface area contributed by atoms with Crippen LogP contribution in [0.5, 0.6) is 0 Å². The summed E-state index contributed by atoms with van der Waals surface area (Å²) < 4.78 is 0. The number of rotatable bonds is 5. The summed E-state index contributed by atoms with van der Waals surface area (Å²) in [6.45, 7) is 2.82. The van der Waals surface area contributed by atoms with Crippen molar-refractivity contribution in [1.29, 1.82) is 0 Å². The van der Waals surface area contributed by atoms with Crippen LogP contribution in [0.2, 0.25) is 10.0 Å². The highest BCUT2D eigenvalue weighted by Crippen LogP contribution is 2.30. The average Bonchev–Trinajstić information content (AvgIpc) is 2.26. The van der Waals surface area contributed by atoms with E-state index in [1.807, 2.05) is 6.92 Å². The number of amides is 1. The monoisotopic (exact) mass is 310 g/mol. The quantitative estimate of drug-likeness (QED) is 0.878. The van der Waals surface area contributed by atoms with E-state index < -0.39 is 0 Å². The van der Waals surface area contributed by atoms with Crippen LogP contribution in [0.1, 0.15) is 24.8 Å². The molecule has 0 fully saturated rings. The Balaban J connectivity index is 0.00000289. The van der Waals surface area contributed by atoms with Crippen molar-refractivity contribution in [1.82, 2.24) is 5.32 Å². The number of hydrogen-bond donors (Lipinski definition) is 2. The summed E-state index contributed by atoms with van der Waals surface area (Å²) in [7, 11) is 0. The standard InChI is InChI=1S/C12H16Cl2N2O.ClH/c1-8(7-16-11(17)5-6-15)12-9(13)3-2-4-10(12)14;/h2-4,8H,5-7,15H2,1H3,(H,16,17);1H. The third-order valence-corrected chi connectivity index (χ3v) is 3.13. The van der Waals surface area contributed by atoms with Crippen LogP contribution in [0.15, 0.2) is 18.2 Å². The maximum atomic E-state index is 11.3. The lowest BCUT2D eigenvalue weighted by molar-refractivity contribution is -0.120. The van der Waals surface area contributed by atoms with E-state index in [-0.39, 0.29) is 24.2 Å². The second-order valence-electron chi connectivity index (χ2n) is 3.88. The van der Waals surface area contributed by atoms with Gasteiger partial charge in [-0.25, -0.2) is 0 Å². The Labute approximate surface area is 123 Å². The van der Waals surface area contributed by atoms with Crippen LogP contribution in [0, 0.1) is 0 Å². The molecule has 6 heteroatoms. The van der Waals surface area contributed by atoms with Crippen molar-refractivity contribution < 1.29 is 4.79 Å². The molecule has 1 atom stereocenters. The number of benzene rings is 1. The number of carbonyl (C=O) groups is 1. The van der Waals surface area contributed by atoms with Gasteiger partial charge in [-0.15, -0.1) is 12.4 Å². The molecule has 0 saturated carbocycles. The first-order valence-corrected chi connectivity index (χ1v) is 6.22. The van der Waals surface area contributed by atoms with E-state index in [0.29, 0.717) is 29.6 Å². The number of hydrogen-bond acceptors (Lipinski definition) is 2. The van der Waals surface area contributed by atoms with Crippen molar-refractivity contribution in [2.75, 3.05) is 13.1 Å². The molecule has 3 nitrogen and oxygen atoms in total. The summed E-state index contributed by atoms with van der Waals surface area (Å²) >= 11 is 12.2. The maximum absolute atomic E-state index is 11.3. The van der Waals surface area contributed by atoms with E-state index in [1.165, 1.54) is 0 Å². The highest BCUT2D eigenvalue weighted by atomic mass is 35.5. The minimum atomic E-state index is -0.0532. The molecule has 0 aliphatic carbocycles. The third kappa shape index (κ3) is 5.02. The average molecular weight is 312 g/mol. The van der Waals surface area contributed by atoms with Gasteiger partial charge in [0.2, 0.25) is 5.91 Å². The Bertz CT molecular complexity index is 379. The van der Waals surface area contributed by atoms with Gasteiger partial charge in [0.05, 0.1) is 0 Å². The molecule has 1 aromatic carbocycles. The molecule has 18 heavy (non-hydrogen) atoms. The molecule has 0 spiro atoms. The molecule has 0 heterocycles. The summed E-state index contributed by atoms with van der Waals surface area (Å²) in [5, 5.41) is 4.05. The van der Waals surface area contributed by atoms with Gasteiger partial charge >= 0.3 is 0 Å². The summed E-state index contributed by atoms with van der Waals surface area (Å²) in [4.78, 5) is 11.3. The molecule has 1 aromatic rings. The second kappa shape index (κ2) is 8.59. The summed E-state index contributed by atoms with van der Waals surface area (Å²) in [5.74, 6) is 0.0143. The van der Waals surface area contributed by atoms with Crippen LogP contribution in [0.4, 0.5) is 0 Å². The first-order valence-electron chi connectivity index (χ1n) is 5.47. The van der Waals surface area contributed by atoms with E-state index in [9.17, 15) is 4.79 Å². The SMILES string of the molecule is CC(CNC(=O)CCN)c1c(Cl)cccc1Cl.Cl. The second-order valence-corrected chi connectivity index (χ2v) is 4.69. The van der Waals surface area contributed by atoms with Gasteiger partial charge in [-0.2, -0.15) is 0 Å². The van der Waals surface area contributed by atoms with Crippen molar-refractivity contribution in [2.45, 2.75) is 19.3 Å². The number of nitrogens with two attached hydrogens (primary N) is 1. The molecule has 1 unspecified atom stereocenters. The molecule has 1 amide bonds. The summed E-state index contributed by atoms with van der Waals surface area (Å²) in [6.07, 6.45) is 0.336. The molecule has 0 aromatic heterocycles. The zero-order valence-electron chi connectivity index (χ0n) is 10.1. The summed E-state index contributed by atoms with van der Waals surface area (Å²) in [5.41, 5.74) is 6.16. The predicted octanol–water partition coefficient (Wildman–Crippen LogP) is 2.98. The maximum Gasteiger partial charge on any atom is 0.221 e. The van der Waals surface area contributed by atoms with Crippen molar-refractivity contribution in [3.05, 3.63) is 33.8 Å². The van der Waals surface area contributed by atoms with Crippen LogP contribution >= 0.6 is 35.6 Å². The Kier molecular flexibility index (Phi) is 8.36. The van der Waals surface area contributed by atoms with Crippen molar-refractivity contribution >= 4 is 41.5 Å². The molecule has 0 aliphatic rings. The minimum Gasteiger partial charge on any atom is -0.355 e. The normalized spacial score (nSPS) is 11.6. The Morgan fingerprint density at radius 1 is 1.39 bits per heavy atom. The molecular formula is C12H17Cl3N2O. The van der Waals surface area contributed by atoms with E-state index in [4.69, 9.17) is 28.9 Å². The lowest BCUT2D eigenvalue weighted by Crippen LogP contribution is -2.29. The van der Waals surface area contributed by atoms with Crippen LogP contribution in [-0.4, -0.2) is 19.0 Å². The number of halogens is 3. The van der Waals surface area contributed by atoms with Crippen LogP contribution in [-0.2, 0) is 4.79 Å². The van der Waals surface area contributed by atoms with Gasteiger partial charge in [-0.1, -0.05) is 36.2 Å². The zero-order valence-corrected chi connectivity index (χ0v) is 12.4. The molecule has 0 aliphatic heterocycles. The lowest BCUT2D eigenvalue weighted by Gasteiger charge is -2.16. The Morgan fingerprint density at radius 3 is 2.44 bits per heavy atom. The van der Waals surface area contributed by atoms with Gasteiger partial charge in [-0.3, -0.25) is 4.79 Å². The fourth-order valence-electron chi connectivity index (χ4n) is 1.57. The molecule has 0 radical (unpaired) electrons.